The van der Waals surface area contributed by atoms with Crippen LogP contribution in [0.2, 0.25) is 0 Å². The van der Waals surface area contributed by atoms with Crippen molar-refractivity contribution in [2.24, 2.45) is 0 Å². The van der Waals surface area contributed by atoms with Gasteiger partial charge < -0.3 is 0 Å². The lowest BCUT2D eigenvalue weighted by Gasteiger charge is -2.09. The zero-order chi connectivity index (χ0) is 13.9. The molecule has 0 amide bonds. The van der Waals surface area contributed by atoms with E-state index in [0.717, 1.165) is 6.07 Å². The number of halogens is 1. The smallest absolute Gasteiger partial charge is 0.282 e. The van der Waals surface area contributed by atoms with E-state index in [-0.39, 0.29) is 15.8 Å². The maximum Gasteiger partial charge on any atom is 0.285 e. The number of sulfonamides is 1. The number of nitro groups is 1. The summed E-state index contributed by atoms with van der Waals surface area (Å²) in [5.41, 5.74) is -0.230. The molecule has 0 saturated heterocycles. The summed E-state index contributed by atoms with van der Waals surface area (Å²) in [6, 6.07) is 5.37. The number of hydrogen-bond donors (Lipinski definition) is 1. The van der Waals surface area contributed by atoms with E-state index in [9.17, 15) is 18.5 Å². The molecule has 1 atom stereocenters. The fraction of sp³-hybridized carbons (Fsp3) is 0.222. The lowest BCUT2D eigenvalue weighted by molar-refractivity contribution is -0.385. The van der Waals surface area contributed by atoms with Crippen molar-refractivity contribution in [3.8, 4) is 6.07 Å². The Morgan fingerprint density at radius 1 is 1.56 bits per heavy atom. The van der Waals surface area contributed by atoms with Crippen LogP contribution in [0.4, 0.5) is 11.4 Å². The Morgan fingerprint density at radius 3 is 2.67 bits per heavy atom. The first-order valence-electron chi connectivity index (χ1n) is 4.63. The molecule has 0 aliphatic heterocycles. The standard InChI is InChI=1S/C9H8BrN3O4S/c1-6(5-11)18(16,17)12-7-2-3-8(10)9(4-7)13(14)15/h2-4,6,12H,1H3. The van der Waals surface area contributed by atoms with E-state index in [1.807, 2.05) is 0 Å². The molecule has 0 saturated carbocycles. The molecule has 0 heterocycles. The molecule has 1 aromatic rings. The second-order valence-electron chi connectivity index (χ2n) is 3.34. The van der Waals surface area contributed by atoms with Crippen molar-refractivity contribution in [2.45, 2.75) is 12.2 Å². The number of rotatable bonds is 4. The van der Waals surface area contributed by atoms with E-state index in [2.05, 4.69) is 20.7 Å². The first kappa shape index (κ1) is 14.4. The fourth-order valence-electron chi connectivity index (χ4n) is 1.04. The number of anilines is 1. The summed E-state index contributed by atoms with van der Waals surface area (Å²) in [4.78, 5) is 10.0. The molecule has 0 radical (unpaired) electrons. The van der Waals surface area contributed by atoms with E-state index in [1.54, 1.807) is 6.07 Å². The van der Waals surface area contributed by atoms with Crippen LogP contribution in [0.15, 0.2) is 22.7 Å². The van der Waals surface area contributed by atoms with Crippen molar-refractivity contribution in [3.05, 3.63) is 32.8 Å². The van der Waals surface area contributed by atoms with Crippen LogP contribution < -0.4 is 4.72 Å². The lowest BCUT2D eigenvalue weighted by atomic mass is 10.3. The van der Waals surface area contributed by atoms with Crippen molar-refractivity contribution in [1.82, 2.24) is 0 Å². The van der Waals surface area contributed by atoms with Crippen LogP contribution in [0.1, 0.15) is 6.92 Å². The number of nitrogens with zero attached hydrogens (tertiary/aromatic N) is 2. The Bertz CT molecular complexity index is 623. The number of nitriles is 1. The third-order valence-electron chi connectivity index (χ3n) is 2.05. The predicted molar refractivity (Wildman–Crippen MR) is 68.4 cm³/mol. The van der Waals surface area contributed by atoms with Gasteiger partial charge in [0.05, 0.1) is 21.2 Å². The van der Waals surface area contributed by atoms with E-state index < -0.39 is 20.2 Å². The monoisotopic (exact) mass is 333 g/mol. The highest BCUT2D eigenvalue weighted by Gasteiger charge is 2.21. The second-order valence-corrected chi connectivity index (χ2v) is 6.20. The predicted octanol–water partition coefficient (Wildman–Crippen LogP) is 2.01. The van der Waals surface area contributed by atoms with Gasteiger partial charge in [-0.1, -0.05) is 0 Å². The molecule has 0 spiro atoms. The van der Waals surface area contributed by atoms with Crippen LogP contribution in [0, 0.1) is 21.4 Å². The van der Waals surface area contributed by atoms with Gasteiger partial charge in [0.2, 0.25) is 10.0 Å². The summed E-state index contributed by atoms with van der Waals surface area (Å²) in [5, 5.41) is 18.0. The summed E-state index contributed by atoms with van der Waals surface area (Å²) < 4.78 is 25.5. The van der Waals surface area contributed by atoms with Gasteiger partial charge in [0.25, 0.3) is 5.69 Å². The van der Waals surface area contributed by atoms with Crippen molar-refractivity contribution in [3.63, 3.8) is 0 Å². The summed E-state index contributed by atoms with van der Waals surface area (Å²) in [5.74, 6) is 0. The minimum atomic E-state index is -3.87. The van der Waals surface area contributed by atoms with E-state index in [4.69, 9.17) is 5.26 Å². The van der Waals surface area contributed by atoms with E-state index >= 15 is 0 Å². The zero-order valence-corrected chi connectivity index (χ0v) is 11.5. The van der Waals surface area contributed by atoms with E-state index in [0.29, 0.717) is 0 Å². The molecule has 0 aliphatic carbocycles. The number of hydrogen-bond acceptors (Lipinski definition) is 5. The number of benzene rings is 1. The average Bonchev–Trinajstić information content (AvgIpc) is 2.29. The van der Waals surface area contributed by atoms with Crippen LogP contribution in [-0.2, 0) is 10.0 Å². The Labute approximate surface area is 112 Å². The van der Waals surface area contributed by atoms with Crippen molar-refractivity contribution < 1.29 is 13.3 Å². The fourth-order valence-corrected chi connectivity index (χ4v) is 2.20. The summed E-state index contributed by atoms with van der Waals surface area (Å²) in [6.07, 6.45) is 0. The first-order valence-corrected chi connectivity index (χ1v) is 6.97. The number of nitro benzene ring substituents is 1. The van der Waals surface area contributed by atoms with Crippen LogP contribution in [0.25, 0.3) is 0 Å². The van der Waals surface area contributed by atoms with Crippen LogP contribution >= 0.6 is 15.9 Å². The summed E-state index contributed by atoms with van der Waals surface area (Å²) in [7, 11) is -3.87. The maximum absolute atomic E-state index is 11.6. The van der Waals surface area contributed by atoms with Gasteiger partial charge in [-0.15, -0.1) is 0 Å². The Morgan fingerprint density at radius 2 is 2.17 bits per heavy atom. The maximum atomic E-state index is 11.6. The molecule has 0 aliphatic rings. The van der Waals surface area contributed by atoms with Gasteiger partial charge in [0, 0.05) is 6.07 Å². The quantitative estimate of drug-likeness (QED) is 0.668. The molecule has 9 heteroatoms. The molecule has 1 rings (SSSR count). The third-order valence-corrected chi connectivity index (χ3v) is 4.28. The van der Waals surface area contributed by atoms with Gasteiger partial charge in [-0.25, -0.2) is 8.42 Å². The molecule has 0 aromatic heterocycles. The van der Waals surface area contributed by atoms with Crippen LogP contribution in [0.3, 0.4) is 0 Å². The Balaban J connectivity index is 3.12. The van der Waals surface area contributed by atoms with Crippen molar-refractivity contribution in [1.29, 1.82) is 5.26 Å². The highest BCUT2D eigenvalue weighted by atomic mass is 79.9. The molecule has 1 unspecified atom stereocenters. The highest BCUT2D eigenvalue weighted by Crippen LogP contribution is 2.28. The minimum Gasteiger partial charge on any atom is -0.282 e. The lowest BCUT2D eigenvalue weighted by Crippen LogP contribution is -2.23. The molecule has 0 fully saturated rings. The minimum absolute atomic E-state index is 0.0343. The van der Waals surface area contributed by atoms with Crippen LogP contribution in [-0.4, -0.2) is 18.6 Å². The molecule has 96 valence electrons. The number of nitrogens with one attached hydrogen (secondary N) is 1. The van der Waals surface area contributed by atoms with Crippen molar-refractivity contribution >= 4 is 37.3 Å². The zero-order valence-electron chi connectivity index (χ0n) is 9.12. The van der Waals surface area contributed by atoms with Crippen molar-refractivity contribution in [2.75, 3.05) is 4.72 Å². The molecule has 18 heavy (non-hydrogen) atoms. The largest absolute Gasteiger partial charge is 0.285 e. The average molecular weight is 334 g/mol. The molecule has 1 aromatic carbocycles. The SMILES string of the molecule is CC(C#N)S(=O)(=O)Nc1ccc(Br)c([N+](=O)[O-])c1. The first-order chi connectivity index (χ1) is 8.27. The molecule has 7 nitrogen and oxygen atoms in total. The Kier molecular flexibility index (Phi) is 4.26. The normalized spacial score (nSPS) is 12.5. The summed E-state index contributed by atoms with van der Waals surface area (Å²) in [6.45, 7) is 1.22. The van der Waals surface area contributed by atoms with Crippen LogP contribution in [0.5, 0.6) is 0 Å². The Hall–Kier alpha value is -1.66. The topological polar surface area (TPSA) is 113 Å². The molecular weight excluding hydrogens is 326 g/mol. The van der Waals surface area contributed by atoms with Gasteiger partial charge in [-0.3, -0.25) is 14.8 Å². The molecule has 0 bridgehead atoms. The third kappa shape index (κ3) is 3.18. The molecule has 1 N–H and O–H groups in total. The molecular formula is C9H8BrN3O4S. The van der Waals surface area contributed by atoms with Gasteiger partial charge in [0.1, 0.15) is 0 Å². The van der Waals surface area contributed by atoms with Gasteiger partial charge >= 0.3 is 0 Å². The second kappa shape index (κ2) is 5.32. The van der Waals surface area contributed by atoms with Gasteiger partial charge in [0.15, 0.2) is 5.25 Å². The van der Waals surface area contributed by atoms with Gasteiger partial charge in [-0.05, 0) is 35.0 Å². The van der Waals surface area contributed by atoms with Gasteiger partial charge in [-0.2, -0.15) is 5.26 Å². The summed E-state index contributed by atoms with van der Waals surface area (Å²) >= 11 is 2.98. The van der Waals surface area contributed by atoms with E-state index in [1.165, 1.54) is 19.1 Å². The highest BCUT2D eigenvalue weighted by molar-refractivity contribution is 9.10.